The molecule has 0 bridgehead atoms. The number of nitrogens with zero attached hydrogens (tertiary/aromatic N) is 2. The van der Waals surface area contributed by atoms with Crippen molar-refractivity contribution in [3.05, 3.63) is 94.3 Å². The number of aliphatic hydroxyl groups is 1. The predicted molar refractivity (Wildman–Crippen MR) is 142 cm³/mol. The second-order valence-corrected chi connectivity index (χ2v) is 9.38. The number of rotatable bonds is 6. The van der Waals surface area contributed by atoms with E-state index in [1.54, 1.807) is 24.3 Å². The highest BCUT2D eigenvalue weighted by Gasteiger charge is 2.48. The summed E-state index contributed by atoms with van der Waals surface area (Å²) in [5, 5.41) is 11.5. The molecule has 1 unspecified atom stereocenters. The molecule has 2 aliphatic rings. The van der Waals surface area contributed by atoms with Crippen molar-refractivity contribution in [1.82, 2.24) is 0 Å². The number of carbonyl (C=O) groups is 2. The Hall–Kier alpha value is -3.84. The number of anilines is 2. The van der Waals surface area contributed by atoms with Crippen LogP contribution >= 0.6 is 11.6 Å². The molecule has 2 saturated heterocycles. The van der Waals surface area contributed by atoms with E-state index in [-0.39, 0.29) is 21.7 Å². The minimum absolute atomic E-state index is 0.0870. The van der Waals surface area contributed by atoms with Crippen LogP contribution in [0, 0.1) is 5.82 Å². The Morgan fingerprint density at radius 3 is 2.38 bits per heavy atom. The van der Waals surface area contributed by atoms with Gasteiger partial charge in [0, 0.05) is 35.6 Å². The fourth-order valence-corrected chi connectivity index (χ4v) is 5.18. The van der Waals surface area contributed by atoms with E-state index in [1.807, 2.05) is 19.1 Å². The summed E-state index contributed by atoms with van der Waals surface area (Å²) >= 11 is 6.37. The Morgan fingerprint density at radius 1 is 1.03 bits per heavy atom. The van der Waals surface area contributed by atoms with Crippen LogP contribution in [0.4, 0.5) is 15.8 Å². The van der Waals surface area contributed by atoms with Crippen LogP contribution in [0.5, 0.6) is 5.75 Å². The summed E-state index contributed by atoms with van der Waals surface area (Å²) in [5.74, 6) is -2.45. The molecule has 37 heavy (non-hydrogen) atoms. The van der Waals surface area contributed by atoms with Gasteiger partial charge in [0.2, 0.25) is 0 Å². The molecule has 0 radical (unpaired) electrons. The van der Waals surface area contributed by atoms with Crippen molar-refractivity contribution < 1.29 is 23.8 Å². The Bertz CT molecular complexity index is 1380. The van der Waals surface area contributed by atoms with Gasteiger partial charge in [0.05, 0.1) is 23.2 Å². The molecule has 2 aliphatic heterocycles. The van der Waals surface area contributed by atoms with Gasteiger partial charge < -0.3 is 14.7 Å². The second-order valence-electron chi connectivity index (χ2n) is 8.98. The van der Waals surface area contributed by atoms with Crippen LogP contribution in [-0.4, -0.2) is 36.5 Å². The molecule has 1 atom stereocenters. The van der Waals surface area contributed by atoms with Crippen molar-refractivity contribution in [3.63, 3.8) is 0 Å². The minimum atomic E-state index is -1.19. The van der Waals surface area contributed by atoms with Crippen molar-refractivity contribution in [2.45, 2.75) is 25.8 Å². The average molecular weight is 521 g/mol. The van der Waals surface area contributed by atoms with E-state index in [1.165, 1.54) is 35.2 Å². The summed E-state index contributed by atoms with van der Waals surface area (Å²) in [6, 6.07) is 16.7. The van der Waals surface area contributed by atoms with E-state index in [0.717, 1.165) is 31.6 Å². The van der Waals surface area contributed by atoms with Gasteiger partial charge in [0.15, 0.2) is 0 Å². The fourth-order valence-electron chi connectivity index (χ4n) is 4.98. The second kappa shape index (κ2) is 10.3. The van der Waals surface area contributed by atoms with Crippen molar-refractivity contribution in [2.75, 3.05) is 29.5 Å². The first-order valence-electron chi connectivity index (χ1n) is 12.2. The SMILES string of the molecule is CCOc1ccc(Cl)c(/C(O)=C2\C(=O)C(=O)N(c3ccc(N4CCCC4)cc3)C2c2ccccc2F)c1. The molecule has 1 N–H and O–H groups in total. The fraction of sp³-hybridized carbons (Fsp3) is 0.241. The Labute approximate surface area is 219 Å². The van der Waals surface area contributed by atoms with E-state index < -0.39 is 29.3 Å². The molecular formula is C29H26ClFN2O4. The predicted octanol–water partition coefficient (Wildman–Crippen LogP) is 6.10. The van der Waals surface area contributed by atoms with Crippen LogP contribution in [-0.2, 0) is 9.59 Å². The zero-order valence-corrected chi connectivity index (χ0v) is 21.0. The first-order valence-corrected chi connectivity index (χ1v) is 12.6. The molecule has 1 amide bonds. The number of halogens is 2. The molecule has 0 saturated carbocycles. The summed E-state index contributed by atoms with van der Waals surface area (Å²) in [6.07, 6.45) is 2.24. The summed E-state index contributed by atoms with van der Waals surface area (Å²) in [4.78, 5) is 30.3. The Kier molecular flexibility index (Phi) is 6.89. The monoisotopic (exact) mass is 520 g/mol. The highest BCUT2D eigenvalue weighted by atomic mass is 35.5. The molecule has 8 heteroatoms. The number of Topliss-reactive ketones (excluding diaryl/α,β-unsaturated/α-hetero) is 1. The summed E-state index contributed by atoms with van der Waals surface area (Å²) < 4.78 is 20.6. The van der Waals surface area contributed by atoms with Crippen LogP contribution in [0.15, 0.2) is 72.3 Å². The van der Waals surface area contributed by atoms with Gasteiger partial charge in [0.1, 0.15) is 17.3 Å². The smallest absolute Gasteiger partial charge is 0.300 e. The van der Waals surface area contributed by atoms with E-state index in [9.17, 15) is 14.7 Å². The van der Waals surface area contributed by atoms with Gasteiger partial charge in [-0.1, -0.05) is 29.8 Å². The molecule has 5 rings (SSSR count). The summed E-state index contributed by atoms with van der Waals surface area (Å²) in [6.45, 7) is 4.11. The number of ether oxygens (including phenoxy) is 1. The number of benzene rings is 3. The van der Waals surface area contributed by atoms with Crippen LogP contribution in [0.1, 0.15) is 36.9 Å². The molecule has 2 heterocycles. The number of aliphatic hydroxyl groups excluding tert-OH is 1. The lowest BCUT2D eigenvalue weighted by molar-refractivity contribution is -0.132. The van der Waals surface area contributed by atoms with Gasteiger partial charge in [-0.15, -0.1) is 0 Å². The van der Waals surface area contributed by atoms with Gasteiger partial charge in [-0.3, -0.25) is 14.5 Å². The molecule has 2 fully saturated rings. The molecule has 0 aliphatic carbocycles. The van der Waals surface area contributed by atoms with E-state index in [4.69, 9.17) is 16.3 Å². The van der Waals surface area contributed by atoms with Crippen LogP contribution in [0.25, 0.3) is 5.76 Å². The molecule has 3 aromatic rings. The molecule has 0 aromatic heterocycles. The Balaban J connectivity index is 1.66. The standard InChI is InChI=1S/C29H26ClFN2O4/c1-2-37-20-13-14-23(30)22(17-20)27(34)25-26(21-7-3-4-8-24(21)31)33(29(36)28(25)35)19-11-9-18(10-12-19)32-15-5-6-16-32/h3-4,7-14,17,26,34H,2,5-6,15-16H2,1H3/b27-25+. The molecule has 0 spiro atoms. The average Bonchev–Trinajstić information content (AvgIpc) is 3.53. The van der Waals surface area contributed by atoms with Crippen molar-refractivity contribution in [2.24, 2.45) is 0 Å². The molecule has 3 aromatic carbocycles. The van der Waals surface area contributed by atoms with Crippen molar-refractivity contribution >= 4 is 40.4 Å². The minimum Gasteiger partial charge on any atom is -0.507 e. The normalized spacial score (nSPS) is 19.1. The zero-order valence-electron chi connectivity index (χ0n) is 20.3. The van der Waals surface area contributed by atoms with Gasteiger partial charge >= 0.3 is 0 Å². The lowest BCUT2D eigenvalue weighted by atomic mass is 9.94. The third kappa shape index (κ3) is 4.55. The lowest BCUT2D eigenvalue weighted by Crippen LogP contribution is -2.30. The van der Waals surface area contributed by atoms with Crippen LogP contribution in [0.2, 0.25) is 5.02 Å². The number of hydrogen-bond donors (Lipinski definition) is 1. The zero-order chi connectivity index (χ0) is 26.1. The van der Waals surface area contributed by atoms with Crippen LogP contribution < -0.4 is 14.5 Å². The summed E-state index contributed by atoms with van der Waals surface area (Å²) in [7, 11) is 0. The van der Waals surface area contributed by atoms with E-state index in [0.29, 0.717) is 18.0 Å². The quantitative estimate of drug-likeness (QED) is 0.241. The maximum absolute atomic E-state index is 15.1. The first-order chi connectivity index (χ1) is 17.9. The van der Waals surface area contributed by atoms with Crippen LogP contribution in [0.3, 0.4) is 0 Å². The highest BCUT2D eigenvalue weighted by Crippen LogP contribution is 2.44. The third-order valence-electron chi connectivity index (χ3n) is 6.75. The molecule has 6 nitrogen and oxygen atoms in total. The number of amides is 1. The maximum atomic E-state index is 15.1. The van der Waals surface area contributed by atoms with Crippen molar-refractivity contribution in [1.29, 1.82) is 0 Å². The summed E-state index contributed by atoms with van der Waals surface area (Å²) in [5.41, 5.74) is 1.40. The number of hydrogen-bond acceptors (Lipinski definition) is 5. The first kappa shape index (κ1) is 24.8. The highest BCUT2D eigenvalue weighted by molar-refractivity contribution is 6.52. The third-order valence-corrected chi connectivity index (χ3v) is 7.08. The lowest BCUT2D eigenvalue weighted by Gasteiger charge is -2.26. The molecule has 190 valence electrons. The maximum Gasteiger partial charge on any atom is 0.300 e. The number of ketones is 1. The van der Waals surface area contributed by atoms with E-state index in [2.05, 4.69) is 4.90 Å². The van der Waals surface area contributed by atoms with E-state index >= 15 is 4.39 Å². The van der Waals surface area contributed by atoms with Gasteiger partial charge in [-0.2, -0.15) is 0 Å². The van der Waals surface area contributed by atoms with Gasteiger partial charge in [-0.25, -0.2) is 4.39 Å². The van der Waals surface area contributed by atoms with Gasteiger partial charge in [0.25, 0.3) is 11.7 Å². The largest absolute Gasteiger partial charge is 0.507 e. The van der Waals surface area contributed by atoms with Gasteiger partial charge in [-0.05, 0) is 68.3 Å². The Morgan fingerprint density at radius 2 is 1.70 bits per heavy atom. The topological polar surface area (TPSA) is 70.1 Å². The number of carbonyl (C=O) groups excluding carboxylic acids is 2. The molecular weight excluding hydrogens is 495 g/mol. The van der Waals surface area contributed by atoms with Crippen molar-refractivity contribution in [3.8, 4) is 5.75 Å².